The van der Waals surface area contributed by atoms with Crippen LogP contribution in [0.4, 0.5) is 0 Å². The Morgan fingerprint density at radius 1 is 0.348 bits per heavy atom. The summed E-state index contributed by atoms with van der Waals surface area (Å²) in [6.07, 6.45) is 73.5. The molecule has 0 aromatic heterocycles. The first-order chi connectivity index (χ1) is 32.6. The van der Waals surface area contributed by atoms with Crippen LogP contribution >= 0.6 is 0 Å². The Balaban J connectivity index is 4.31. The van der Waals surface area contributed by atoms with Crippen molar-refractivity contribution in [2.45, 2.75) is 284 Å². The second-order valence-electron chi connectivity index (χ2n) is 18.8. The first-order valence-corrected chi connectivity index (χ1v) is 28.5. The molecule has 0 N–H and O–H groups in total. The van der Waals surface area contributed by atoms with Gasteiger partial charge < -0.3 is 14.2 Å². The average molecular weight is 922 g/mol. The molecule has 0 bridgehead atoms. The predicted octanol–water partition coefficient (Wildman–Crippen LogP) is 19.5. The minimum atomic E-state index is -0.560. The van der Waals surface area contributed by atoms with E-state index in [4.69, 9.17) is 14.2 Å². The van der Waals surface area contributed by atoms with Crippen molar-refractivity contribution in [2.75, 3.05) is 19.8 Å². The number of allylic oxidation sites excluding steroid dienone is 12. The minimum absolute atomic E-state index is 0.0676. The van der Waals surface area contributed by atoms with Gasteiger partial charge in [0.2, 0.25) is 0 Å². The van der Waals surface area contributed by atoms with Gasteiger partial charge in [0.25, 0.3) is 0 Å². The summed E-state index contributed by atoms with van der Waals surface area (Å²) in [6.45, 7) is 7.64. The molecule has 0 saturated heterocycles. The Bertz CT molecular complexity index is 1180. The molecule has 0 rings (SSSR count). The maximum absolute atomic E-state index is 12.8. The van der Waals surface area contributed by atoms with Gasteiger partial charge in [0, 0.05) is 19.4 Å². The summed E-state index contributed by atoms with van der Waals surface area (Å²) in [4.78, 5) is 25.5. The van der Waals surface area contributed by atoms with Crippen molar-refractivity contribution >= 4 is 11.9 Å². The zero-order chi connectivity index (χ0) is 47.7. The molecule has 0 aliphatic rings. The van der Waals surface area contributed by atoms with Crippen LogP contribution in [-0.4, -0.2) is 37.9 Å². The molecular weight excluding hydrogens is 813 g/mol. The fraction of sp³-hybridized carbons (Fsp3) is 0.770. The van der Waals surface area contributed by atoms with Crippen molar-refractivity contribution in [1.29, 1.82) is 0 Å². The fourth-order valence-electron chi connectivity index (χ4n) is 8.00. The maximum atomic E-state index is 12.8. The molecule has 0 spiro atoms. The minimum Gasteiger partial charge on any atom is -0.462 e. The lowest BCUT2D eigenvalue weighted by Crippen LogP contribution is -2.30. The summed E-state index contributed by atoms with van der Waals surface area (Å²) in [5, 5.41) is 0. The molecular formula is C61H108O5. The van der Waals surface area contributed by atoms with Crippen LogP contribution in [0.25, 0.3) is 0 Å². The van der Waals surface area contributed by atoms with Gasteiger partial charge in [-0.05, 0) is 89.9 Å². The highest BCUT2D eigenvalue weighted by atomic mass is 16.6. The molecule has 0 amide bonds. The first kappa shape index (κ1) is 63.3. The van der Waals surface area contributed by atoms with Crippen LogP contribution in [0, 0.1) is 0 Å². The molecule has 0 radical (unpaired) electrons. The molecule has 1 unspecified atom stereocenters. The number of carbonyl (C=O) groups is 2. The van der Waals surface area contributed by atoms with Crippen LogP contribution in [0.1, 0.15) is 278 Å². The van der Waals surface area contributed by atoms with E-state index in [1.165, 1.54) is 167 Å². The third-order valence-corrected chi connectivity index (χ3v) is 12.2. The molecule has 382 valence electrons. The standard InChI is InChI=1S/C61H108O5/c1-4-7-10-13-16-19-22-25-27-29-31-32-34-37-39-42-45-48-51-54-60(62)65-58-59(66-61(63)55-52-49-46-43-40-36-24-21-18-15-12-9-6-3)57-64-56-53-50-47-44-41-38-35-33-30-28-26-23-20-17-14-11-8-5-2/h8,11,17,20,25-28,33,35,41,44,59H,4-7,9-10,12-16,18-19,21-24,29-32,34,36-40,42-43,45-58H2,1-3H3/b11-8-,20-17-,27-25-,28-26-,35-33-,44-41-. The summed E-state index contributed by atoms with van der Waals surface area (Å²) in [5.41, 5.74) is 0. The van der Waals surface area contributed by atoms with Crippen molar-refractivity contribution in [3.05, 3.63) is 72.9 Å². The second-order valence-corrected chi connectivity index (χ2v) is 18.8. The topological polar surface area (TPSA) is 61.8 Å². The van der Waals surface area contributed by atoms with Crippen molar-refractivity contribution < 1.29 is 23.8 Å². The van der Waals surface area contributed by atoms with Crippen molar-refractivity contribution in [2.24, 2.45) is 0 Å². The number of ether oxygens (including phenoxy) is 3. The Kier molecular flexibility index (Phi) is 54.4. The zero-order valence-corrected chi connectivity index (χ0v) is 44.0. The monoisotopic (exact) mass is 921 g/mol. The lowest BCUT2D eigenvalue weighted by atomic mass is 10.0. The van der Waals surface area contributed by atoms with Crippen molar-refractivity contribution in [3.63, 3.8) is 0 Å². The summed E-state index contributed by atoms with van der Waals surface area (Å²) in [5.74, 6) is -0.414. The normalized spacial score (nSPS) is 12.7. The van der Waals surface area contributed by atoms with E-state index in [1.807, 2.05) is 0 Å². The quantitative estimate of drug-likeness (QED) is 0.0346. The molecule has 0 aliphatic heterocycles. The van der Waals surface area contributed by atoms with Gasteiger partial charge >= 0.3 is 11.9 Å². The van der Waals surface area contributed by atoms with E-state index < -0.39 is 6.10 Å². The third-order valence-electron chi connectivity index (χ3n) is 12.2. The number of hydrogen-bond donors (Lipinski definition) is 0. The molecule has 0 aromatic rings. The number of hydrogen-bond acceptors (Lipinski definition) is 5. The smallest absolute Gasteiger partial charge is 0.306 e. The van der Waals surface area contributed by atoms with Gasteiger partial charge in [-0.1, -0.05) is 248 Å². The Labute approximate surface area is 410 Å². The molecule has 1 atom stereocenters. The van der Waals surface area contributed by atoms with Gasteiger partial charge in [-0.2, -0.15) is 0 Å². The van der Waals surface area contributed by atoms with E-state index in [1.54, 1.807) is 0 Å². The second kappa shape index (κ2) is 56.7. The van der Waals surface area contributed by atoms with E-state index in [9.17, 15) is 9.59 Å². The van der Waals surface area contributed by atoms with Crippen LogP contribution in [0.5, 0.6) is 0 Å². The molecule has 5 heteroatoms. The highest BCUT2D eigenvalue weighted by Gasteiger charge is 2.17. The Morgan fingerprint density at radius 3 is 1.11 bits per heavy atom. The highest BCUT2D eigenvalue weighted by Crippen LogP contribution is 2.15. The molecule has 0 aliphatic carbocycles. The zero-order valence-electron chi connectivity index (χ0n) is 44.0. The van der Waals surface area contributed by atoms with E-state index in [0.717, 1.165) is 77.0 Å². The third kappa shape index (κ3) is 54.0. The average Bonchev–Trinajstić information content (AvgIpc) is 3.32. The van der Waals surface area contributed by atoms with E-state index in [-0.39, 0.29) is 25.2 Å². The van der Waals surface area contributed by atoms with Crippen LogP contribution in [0.15, 0.2) is 72.9 Å². The van der Waals surface area contributed by atoms with E-state index in [2.05, 4.69) is 93.7 Å². The van der Waals surface area contributed by atoms with Crippen LogP contribution in [0.3, 0.4) is 0 Å². The van der Waals surface area contributed by atoms with Gasteiger partial charge in [0.15, 0.2) is 6.10 Å². The number of esters is 2. The summed E-state index contributed by atoms with van der Waals surface area (Å²) >= 11 is 0. The number of unbranched alkanes of at least 4 members (excludes halogenated alkanes) is 29. The summed E-state index contributed by atoms with van der Waals surface area (Å²) in [7, 11) is 0. The Morgan fingerprint density at radius 2 is 0.682 bits per heavy atom. The lowest BCUT2D eigenvalue weighted by molar-refractivity contribution is -0.163. The van der Waals surface area contributed by atoms with Gasteiger partial charge in [0.05, 0.1) is 6.61 Å². The fourth-order valence-corrected chi connectivity index (χ4v) is 8.00. The molecule has 5 nitrogen and oxygen atoms in total. The summed E-state index contributed by atoms with van der Waals surface area (Å²) in [6, 6.07) is 0. The Hall–Kier alpha value is -2.66. The van der Waals surface area contributed by atoms with E-state index in [0.29, 0.717) is 19.4 Å². The maximum Gasteiger partial charge on any atom is 0.306 e. The number of carbonyl (C=O) groups excluding carboxylic acids is 2. The molecule has 0 saturated carbocycles. The van der Waals surface area contributed by atoms with Crippen molar-refractivity contribution in [3.8, 4) is 0 Å². The van der Waals surface area contributed by atoms with Gasteiger partial charge in [-0.3, -0.25) is 9.59 Å². The number of rotatable bonds is 52. The molecule has 66 heavy (non-hydrogen) atoms. The molecule has 0 fully saturated rings. The predicted molar refractivity (Wildman–Crippen MR) is 288 cm³/mol. The molecule has 0 heterocycles. The highest BCUT2D eigenvalue weighted by molar-refractivity contribution is 5.70. The summed E-state index contributed by atoms with van der Waals surface area (Å²) < 4.78 is 17.4. The van der Waals surface area contributed by atoms with Crippen molar-refractivity contribution in [1.82, 2.24) is 0 Å². The van der Waals surface area contributed by atoms with E-state index >= 15 is 0 Å². The largest absolute Gasteiger partial charge is 0.462 e. The molecule has 0 aromatic carbocycles. The lowest BCUT2D eigenvalue weighted by Gasteiger charge is -2.18. The van der Waals surface area contributed by atoms with Crippen LogP contribution < -0.4 is 0 Å². The van der Waals surface area contributed by atoms with Crippen LogP contribution in [-0.2, 0) is 23.8 Å². The first-order valence-electron chi connectivity index (χ1n) is 28.5. The SMILES string of the molecule is CC/C=C\C/C=C\C/C=C\C/C=C\C/C=C\CCCCOCC(COC(=O)CCCCCCCCCCC/C=C\CCCCCCCC)OC(=O)CCCCCCCCCCCCCCC. The van der Waals surface area contributed by atoms with Gasteiger partial charge in [0.1, 0.15) is 6.61 Å². The van der Waals surface area contributed by atoms with Gasteiger partial charge in [-0.15, -0.1) is 0 Å². The van der Waals surface area contributed by atoms with Crippen LogP contribution in [0.2, 0.25) is 0 Å². The van der Waals surface area contributed by atoms with Gasteiger partial charge in [-0.25, -0.2) is 0 Å².